The molecule has 4 aromatic rings. The van der Waals surface area contributed by atoms with Crippen LogP contribution < -0.4 is 15.8 Å². The third-order valence-corrected chi connectivity index (χ3v) is 10.6. The summed E-state index contributed by atoms with van der Waals surface area (Å²) in [6.45, 7) is 1.96. The summed E-state index contributed by atoms with van der Waals surface area (Å²) in [4.78, 5) is 13.8. The van der Waals surface area contributed by atoms with E-state index in [0.29, 0.717) is 29.3 Å². The number of nitrogens with zero attached hydrogens (tertiary/aromatic N) is 3. The molecule has 0 radical (unpaired) electrons. The summed E-state index contributed by atoms with van der Waals surface area (Å²) in [5.74, 6) is 1.71. The quantitative estimate of drug-likeness (QED) is 0.226. The van der Waals surface area contributed by atoms with Gasteiger partial charge in [-0.2, -0.15) is 0 Å². The predicted molar refractivity (Wildman–Crippen MR) is 170 cm³/mol. The number of ether oxygens (including phenoxy) is 1. The third-order valence-electron chi connectivity index (χ3n) is 8.44. The molecule has 6 rings (SSSR count). The highest BCUT2D eigenvalue weighted by Crippen LogP contribution is 2.39. The van der Waals surface area contributed by atoms with Crippen molar-refractivity contribution in [1.29, 1.82) is 0 Å². The van der Waals surface area contributed by atoms with Gasteiger partial charge in [0.15, 0.2) is 9.84 Å². The van der Waals surface area contributed by atoms with Gasteiger partial charge in [0.25, 0.3) is 0 Å². The minimum atomic E-state index is -3.23. The fraction of sp³-hybridized carbons (Fsp3) is 0.406. The number of nitrogens with one attached hydrogen (secondary N) is 1. The summed E-state index contributed by atoms with van der Waals surface area (Å²) < 4.78 is 33.0. The Kier molecular flexibility index (Phi) is 9.30. The molecule has 0 amide bonds. The number of rotatable bonds is 8. The van der Waals surface area contributed by atoms with E-state index >= 15 is 0 Å². The van der Waals surface area contributed by atoms with Crippen molar-refractivity contribution in [2.75, 3.05) is 5.32 Å². The Bertz CT molecular complexity index is 1650. The Morgan fingerprint density at radius 2 is 1.67 bits per heavy atom. The van der Waals surface area contributed by atoms with Crippen molar-refractivity contribution >= 4 is 39.0 Å². The van der Waals surface area contributed by atoms with Gasteiger partial charge in [0, 0.05) is 29.9 Å². The van der Waals surface area contributed by atoms with E-state index in [2.05, 4.69) is 15.3 Å². The first-order chi connectivity index (χ1) is 19.9. The van der Waals surface area contributed by atoms with Gasteiger partial charge < -0.3 is 15.8 Å². The van der Waals surface area contributed by atoms with E-state index in [4.69, 9.17) is 15.5 Å². The molecular weight excluding hydrogens is 570 g/mol. The molecule has 0 unspecified atom stereocenters. The lowest BCUT2D eigenvalue weighted by atomic mass is 9.92. The fourth-order valence-corrected chi connectivity index (χ4v) is 8.16. The molecule has 0 aliphatic heterocycles. The SMILES string of the molecule is Cc1cc(CS(=O)(=O)C2CCCC2)c2ccccc2c1Oc1ncccc1-c1ccnc(NC2CCC(N)CC2)n1.Cl. The lowest BCUT2D eigenvalue weighted by Crippen LogP contribution is -2.33. The van der Waals surface area contributed by atoms with Gasteiger partial charge in [-0.3, -0.25) is 0 Å². The van der Waals surface area contributed by atoms with E-state index in [1.807, 2.05) is 55.5 Å². The number of aryl methyl sites for hydroxylation is 1. The van der Waals surface area contributed by atoms with Gasteiger partial charge in [-0.15, -0.1) is 12.4 Å². The molecule has 2 saturated carbocycles. The minimum absolute atomic E-state index is 0. The zero-order valence-corrected chi connectivity index (χ0v) is 25.5. The van der Waals surface area contributed by atoms with Crippen molar-refractivity contribution in [3.8, 4) is 22.9 Å². The predicted octanol–water partition coefficient (Wildman–Crippen LogP) is 6.75. The van der Waals surface area contributed by atoms with Crippen LogP contribution >= 0.6 is 12.4 Å². The molecule has 2 aromatic heterocycles. The van der Waals surface area contributed by atoms with Gasteiger partial charge in [-0.05, 0) is 80.2 Å². The smallest absolute Gasteiger partial charge is 0.228 e. The summed E-state index contributed by atoms with van der Waals surface area (Å²) in [6, 6.07) is 16.0. The van der Waals surface area contributed by atoms with Crippen LogP contribution in [-0.4, -0.2) is 40.7 Å². The zero-order valence-electron chi connectivity index (χ0n) is 23.8. The van der Waals surface area contributed by atoms with Crippen LogP contribution in [0.15, 0.2) is 60.9 Å². The summed E-state index contributed by atoms with van der Waals surface area (Å²) in [7, 11) is -3.23. The highest BCUT2D eigenvalue weighted by molar-refractivity contribution is 7.91. The molecule has 222 valence electrons. The second kappa shape index (κ2) is 12.9. The highest BCUT2D eigenvalue weighted by atomic mass is 35.5. The number of benzene rings is 2. The average Bonchev–Trinajstić information content (AvgIpc) is 3.53. The van der Waals surface area contributed by atoms with E-state index in [1.165, 1.54) is 0 Å². The van der Waals surface area contributed by atoms with Crippen molar-refractivity contribution in [2.45, 2.75) is 81.4 Å². The second-order valence-corrected chi connectivity index (χ2v) is 13.7. The maximum Gasteiger partial charge on any atom is 0.228 e. The number of pyridine rings is 1. The first-order valence-electron chi connectivity index (χ1n) is 14.6. The Morgan fingerprint density at radius 3 is 2.43 bits per heavy atom. The van der Waals surface area contributed by atoms with Crippen LogP contribution in [0.4, 0.5) is 5.95 Å². The lowest BCUT2D eigenvalue weighted by Gasteiger charge is -2.26. The molecule has 2 aromatic carbocycles. The molecular formula is C32H38ClN5O3S. The third kappa shape index (κ3) is 6.53. The average molecular weight is 608 g/mol. The first kappa shape index (κ1) is 30.2. The topological polar surface area (TPSA) is 120 Å². The second-order valence-electron chi connectivity index (χ2n) is 11.4. The fourth-order valence-electron chi connectivity index (χ4n) is 6.20. The molecule has 2 heterocycles. The molecule has 10 heteroatoms. The number of anilines is 1. The first-order valence-corrected chi connectivity index (χ1v) is 16.3. The molecule has 3 N–H and O–H groups in total. The van der Waals surface area contributed by atoms with E-state index < -0.39 is 9.84 Å². The Hall–Kier alpha value is -3.27. The van der Waals surface area contributed by atoms with Crippen LogP contribution in [0.5, 0.6) is 11.6 Å². The van der Waals surface area contributed by atoms with E-state index in [9.17, 15) is 8.42 Å². The minimum Gasteiger partial charge on any atom is -0.437 e. The molecule has 8 nitrogen and oxygen atoms in total. The van der Waals surface area contributed by atoms with Gasteiger partial charge in [0.2, 0.25) is 11.8 Å². The number of hydrogen-bond donors (Lipinski definition) is 2. The van der Waals surface area contributed by atoms with Gasteiger partial charge in [-0.25, -0.2) is 23.4 Å². The van der Waals surface area contributed by atoms with E-state index in [0.717, 1.165) is 78.8 Å². The van der Waals surface area contributed by atoms with Crippen LogP contribution in [0.3, 0.4) is 0 Å². The molecule has 2 fully saturated rings. The van der Waals surface area contributed by atoms with E-state index in [1.54, 1.807) is 12.4 Å². The number of hydrogen-bond acceptors (Lipinski definition) is 8. The molecule has 0 spiro atoms. The molecule has 0 saturated heterocycles. The molecule has 42 heavy (non-hydrogen) atoms. The van der Waals surface area contributed by atoms with Crippen LogP contribution in [0.25, 0.3) is 22.0 Å². The number of fused-ring (bicyclic) bond motifs is 1. The number of halogens is 1. The molecule has 2 aliphatic carbocycles. The summed E-state index contributed by atoms with van der Waals surface area (Å²) >= 11 is 0. The molecule has 0 bridgehead atoms. The van der Waals surface area contributed by atoms with Crippen LogP contribution in [0.2, 0.25) is 0 Å². The molecule has 0 atom stereocenters. The molecule has 2 aliphatic rings. The zero-order chi connectivity index (χ0) is 28.4. The van der Waals surface area contributed by atoms with Gasteiger partial charge in [-0.1, -0.05) is 43.2 Å². The summed E-state index contributed by atoms with van der Waals surface area (Å²) in [6.07, 6.45) is 10.9. The standard InChI is InChI=1S/C32H37N5O3S.ClH/c1-21-19-22(20-41(38,39)25-7-2-3-8-25)26-9-4-5-10-27(26)30(21)40-31-28(11-6-17-34-31)29-16-18-35-32(37-29)36-24-14-12-23(33)13-15-24;/h4-6,9-11,16-19,23-25H,2-3,7-8,12-15,20,33H2,1H3,(H,35,36,37);1H. The Morgan fingerprint density at radius 1 is 0.929 bits per heavy atom. The number of aromatic nitrogens is 3. The van der Waals surface area contributed by atoms with Crippen molar-refractivity contribution in [3.63, 3.8) is 0 Å². The van der Waals surface area contributed by atoms with Crippen LogP contribution in [-0.2, 0) is 15.6 Å². The highest BCUT2D eigenvalue weighted by Gasteiger charge is 2.30. The van der Waals surface area contributed by atoms with Crippen molar-refractivity contribution in [1.82, 2.24) is 15.0 Å². The van der Waals surface area contributed by atoms with Crippen LogP contribution in [0, 0.1) is 6.92 Å². The summed E-state index contributed by atoms with van der Waals surface area (Å²) in [5.41, 5.74) is 9.20. The largest absolute Gasteiger partial charge is 0.437 e. The maximum atomic E-state index is 13.2. The van der Waals surface area contributed by atoms with Crippen molar-refractivity contribution < 1.29 is 13.2 Å². The van der Waals surface area contributed by atoms with Gasteiger partial charge in [0.1, 0.15) is 5.75 Å². The normalized spacial score (nSPS) is 19.4. The van der Waals surface area contributed by atoms with E-state index in [-0.39, 0.29) is 29.5 Å². The van der Waals surface area contributed by atoms with Crippen LogP contribution in [0.1, 0.15) is 62.5 Å². The lowest BCUT2D eigenvalue weighted by molar-refractivity contribution is 0.410. The van der Waals surface area contributed by atoms with Gasteiger partial charge in [0.05, 0.1) is 22.3 Å². The van der Waals surface area contributed by atoms with Crippen molar-refractivity contribution in [3.05, 3.63) is 72.1 Å². The number of sulfone groups is 1. The monoisotopic (exact) mass is 607 g/mol. The van der Waals surface area contributed by atoms with Gasteiger partial charge >= 0.3 is 0 Å². The number of nitrogens with two attached hydrogens (primary N) is 1. The summed E-state index contributed by atoms with van der Waals surface area (Å²) in [5, 5.41) is 4.98. The van der Waals surface area contributed by atoms with Crippen molar-refractivity contribution in [2.24, 2.45) is 5.73 Å². The maximum absolute atomic E-state index is 13.2. The Labute approximate surface area is 253 Å². The Balaban J connectivity index is 0.00000353.